The van der Waals surface area contributed by atoms with E-state index in [-0.39, 0.29) is 13.0 Å². The number of hydrogen-bond donors (Lipinski definition) is 1. The second kappa shape index (κ2) is 10.8. The van der Waals surface area contributed by atoms with E-state index in [1.807, 2.05) is 0 Å². The Morgan fingerprint density at radius 1 is 1.09 bits per heavy atom. The number of hydrogen-bond acceptors (Lipinski definition) is 6. The molecular weight excluding hydrogens is 464 g/mol. The SMILES string of the molecule is COc1ccc(CCN(C(=O)/C=C/C(=O)O)[C@@H]2CC(=O)N(c3ccc(Cl)cc3)C2=O)cc1OC. The molecule has 3 rings (SSSR count). The normalized spacial score (nSPS) is 15.6. The third kappa shape index (κ3) is 5.55. The third-order valence-corrected chi connectivity index (χ3v) is 5.58. The van der Waals surface area contributed by atoms with Crippen molar-refractivity contribution in [1.29, 1.82) is 0 Å². The fraction of sp³-hybridized carbons (Fsp3) is 0.250. The number of ether oxygens (including phenoxy) is 2. The summed E-state index contributed by atoms with van der Waals surface area (Å²) in [6.45, 7) is 0.0659. The Bertz CT molecular complexity index is 1130. The maximum Gasteiger partial charge on any atom is 0.328 e. The Morgan fingerprint density at radius 2 is 1.76 bits per heavy atom. The van der Waals surface area contributed by atoms with Crippen molar-refractivity contribution in [3.05, 3.63) is 65.2 Å². The van der Waals surface area contributed by atoms with Crippen molar-refractivity contribution in [3.8, 4) is 11.5 Å². The van der Waals surface area contributed by atoms with E-state index in [4.69, 9.17) is 26.2 Å². The van der Waals surface area contributed by atoms with Crippen molar-refractivity contribution >= 4 is 41.0 Å². The van der Waals surface area contributed by atoms with Gasteiger partial charge in [0.2, 0.25) is 11.8 Å². The van der Waals surface area contributed by atoms with Crippen molar-refractivity contribution in [2.45, 2.75) is 18.9 Å². The Morgan fingerprint density at radius 3 is 2.38 bits per heavy atom. The maximum absolute atomic E-state index is 13.2. The minimum Gasteiger partial charge on any atom is -0.493 e. The summed E-state index contributed by atoms with van der Waals surface area (Å²) in [4.78, 5) is 51.9. The van der Waals surface area contributed by atoms with Crippen LogP contribution in [0.5, 0.6) is 11.5 Å². The summed E-state index contributed by atoms with van der Waals surface area (Å²) >= 11 is 5.90. The number of halogens is 1. The molecule has 1 fully saturated rings. The smallest absolute Gasteiger partial charge is 0.328 e. The first-order chi connectivity index (χ1) is 16.2. The molecule has 1 heterocycles. The molecule has 10 heteroatoms. The van der Waals surface area contributed by atoms with E-state index in [2.05, 4.69) is 0 Å². The van der Waals surface area contributed by atoms with Crippen LogP contribution in [-0.4, -0.2) is 60.5 Å². The number of benzene rings is 2. The summed E-state index contributed by atoms with van der Waals surface area (Å²) in [5.41, 5.74) is 1.14. The van der Waals surface area contributed by atoms with Crippen LogP contribution in [0.15, 0.2) is 54.6 Å². The van der Waals surface area contributed by atoms with Crippen molar-refractivity contribution in [1.82, 2.24) is 4.90 Å². The Kier molecular flexibility index (Phi) is 7.91. The fourth-order valence-electron chi connectivity index (χ4n) is 3.66. The molecule has 2 aromatic carbocycles. The second-order valence-electron chi connectivity index (χ2n) is 7.41. The van der Waals surface area contributed by atoms with Crippen molar-refractivity contribution < 1.29 is 33.8 Å². The van der Waals surface area contributed by atoms with Crippen LogP contribution >= 0.6 is 11.6 Å². The molecule has 1 aliphatic rings. The van der Waals surface area contributed by atoms with E-state index in [1.54, 1.807) is 42.5 Å². The van der Waals surface area contributed by atoms with E-state index >= 15 is 0 Å². The highest BCUT2D eigenvalue weighted by Gasteiger charge is 2.43. The van der Waals surface area contributed by atoms with Gasteiger partial charge in [-0.3, -0.25) is 14.4 Å². The lowest BCUT2D eigenvalue weighted by molar-refractivity contribution is -0.135. The van der Waals surface area contributed by atoms with E-state index in [9.17, 15) is 19.2 Å². The average Bonchev–Trinajstić information content (AvgIpc) is 3.11. The molecule has 0 aliphatic carbocycles. The van der Waals surface area contributed by atoms with Gasteiger partial charge in [-0.05, 0) is 48.4 Å². The summed E-state index contributed by atoms with van der Waals surface area (Å²) in [6, 6.07) is 10.4. The number of imide groups is 1. The highest BCUT2D eigenvalue weighted by molar-refractivity contribution is 6.31. The van der Waals surface area contributed by atoms with Gasteiger partial charge in [-0.2, -0.15) is 0 Å². The lowest BCUT2D eigenvalue weighted by Crippen LogP contribution is -2.46. The zero-order valence-electron chi connectivity index (χ0n) is 18.6. The average molecular weight is 487 g/mol. The zero-order valence-corrected chi connectivity index (χ0v) is 19.3. The number of carboxylic acid groups (broad SMARTS) is 1. The van der Waals surface area contributed by atoms with E-state index in [1.165, 1.54) is 19.1 Å². The molecular formula is C24H23ClN2O7. The largest absolute Gasteiger partial charge is 0.493 e. The summed E-state index contributed by atoms with van der Waals surface area (Å²) in [5.74, 6) is -1.99. The van der Waals surface area contributed by atoms with Gasteiger partial charge >= 0.3 is 5.97 Å². The molecule has 0 bridgehead atoms. The molecule has 0 saturated carbocycles. The standard InChI is InChI=1S/C24H23ClN2O7/c1-33-19-8-3-15(13-20(19)34-2)11-12-26(21(28)9-10-23(30)31)18-14-22(29)27(24(18)32)17-6-4-16(25)5-7-17/h3-10,13,18H,11-12,14H2,1-2H3,(H,30,31)/b10-9+/t18-/m1/s1. The Labute approximate surface area is 201 Å². The van der Waals surface area contributed by atoms with Crippen LogP contribution in [0.4, 0.5) is 5.69 Å². The molecule has 2 aromatic rings. The van der Waals surface area contributed by atoms with Crippen LogP contribution in [0, 0.1) is 0 Å². The van der Waals surface area contributed by atoms with Crippen LogP contribution < -0.4 is 14.4 Å². The molecule has 3 amide bonds. The summed E-state index contributed by atoms with van der Waals surface area (Å²) < 4.78 is 10.5. The molecule has 1 saturated heterocycles. The molecule has 0 unspecified atom stereocenters. The first-order valence-corrected chi connectivity index (χ1v) is 10.7. The third-order valence-electron chi connectivity index (χ3n) is 5.32. The summed E-state index contributed by atoms with van der Waals surface area (Å²) in [5, 5.41) is 9.36. The quantitative estimate of drug-likeness (QED) is 0.428. The summed E-state index contributed by atoms with van der Waals surface area (Å²) in [6.07, 6.45) is 1.68. The van der Waals surface area contributed by atoms with E-state index in [0.29, 0.717) is 34.7 Å². The number of carboxylic acids is 1. The molecule has 0 radical (unpaired) electrons. The van der Waals surface area contributed by atoms with Gasteiger partial charge in [0.15, 0.2) is 11.5 Å². The van der Waals surface area contributed by atoms with Gasteiger partial charge in [-0.25, -0.2) is 9.69 Å². The number of carbonyl (C=O) groups excluding carboxylic acids is 3. The van der Waals surface area contributed by atoms with Gasteiger partial charge in [0.05, 0.1) is 26.3 Å². The minimum atomic E-state index is -1.30. The Balaban J connectivity index is 1.86. The van der Waals surface area contributed by atoms with Crippen molar-refractivity contribution in [2.75, 3.05) is 25.7 Å². The number of carbonyl (C=O) groups is 4. The molecule has 1 atom stereocenters. The number of nitrogens with zero attached hydrogens (tertiary/aromatic N) is 2. The first kappa shape index (κ1) is 24.8. The van der Waals surface area contributed by atoms with Crippen LogP contribution in [0.2, 0.25) is 5.02 Å². The first-order valence-electron chi connectivity index (χ1n) is 10.3. The number of methoxy groups -OCH3 is 2. The molecule has 1 aliphatic heterocycles. The molecule has 178 valence electrons. The van der Waals surface area contributed by atoms with Crippen molar-refractivity contribution in [3.63, 3.8) is 0 Å². The molecule has 1 N–H and O–H groups in total. The lowest BCUT2D eigenvalue weighted by atomic mass is 10.1. The molecule has 0 spiro atoms. The van der Waals surface area contributed by atoms with Crippen LogP contribution in [-0.2, 0) is 25.6 Å². The van der Waals surface area contributed by atoms with Gasteiger partial charge in [0.1, 0.15) is 6.04 Å². The van der Waals surface area contributed by atoms with Crippen LogP contribution in [0.1, 0.15) is 12.0 Å². The predicted octanol–water partition coefficient (Wildman–Crippen LogP) is 2.70. The topological polar surface area (TPSA) is 113 Å². The van der Waals surface area contributed by atoms with E-state index < -0.39 is 29.7 Å². The van der Waals surface area contributed by atoms with Crippen molar-refractivity contribution in [2.24, 2.45) is 0 Å². The van der Waals surface area contributed by atoms with Gasteiger partial charge in [0, 0.05) is 23.7 Å². The number of amides is 3. The van der Waals surface area contributed by atoms with Crippen LogP contribution in [0.25, 0.3) is 0 Å². The lowest BCUT2D eigenvalue weighted by Gasteiger charge is -2.26. The molecule has 0 aromatic heterocycles. The number of rotatable bonds is 9. The van der Waals surface area contributed by atoms with Gasteiger partial charge in [-0.1, -0.05) is 17.7 Å². The highest BCUT2D eigenvalue weighted by atomic mass is 35.5. The predicted molar refractivity (Wildman–Crippen MR) is 124 cm³/mol. The maximum atomic E-state index is 13.2. The zero-order chi connectivity index (χ0) is 24.8. The number of aliphatic carboxylic acids is 1. The molecule has 34 heavy (non-hydrogen) atoms. The van der Waals surface area contributed by atoms with Gasteiger partial charge < -0.3 is 19.5 Å². The van der Waals surface area contributed by atoms with Crippen LogP contribution in [0.3, 0.4) is 0 Å². The monoisotopic (exact) mass is 486 g/mol. The highest BCUT2D eigenvalue weighted by Crippen LogP contribution is 2.29. The fourth-order valence-corrected chi connectivity index (χ4v) is 3.79. The summed E-state index contributed by atoms with van der Waals surface area (Å²) in [7, 11) is 3.02. The number of anilines is 1. The Hall–Kier alpha value is -3.85. The van der Waals surface area contributed by atoms with E-state index in [0.717, 1.165) is 16.5 Å². The minimum absolute atomic E-state index is 0.0659. The second-order valence-corrected chi connectivity index (χ2v) is 7.84. The van der Waals surface area contributed by atoms with Gasteiger partial charge in [0.25, 0.3) is 5.91 Å². The molecule has 9 nitrogen and oxygen atoms in total. The van der Waals surface area contributed by atoms with Gasteiger partial charge in [-0.15, -0.1) is 0 Å².